The van der Waals surface area contributed by atoms with E-state index >= 15 is 0 Å². The molecule has 0 bridgehead atoms. The monoisotopic (exact) mass is 278 g/mol. The highest BCUT2D eigenvalue weighted by Gasteiger charge is 2.06. The highest BCUT2D eigenvalue weighted by Crippen LogP contribution is 2.08. The highest BCUT2D eigenvalue weighted by atomic mass is 16.6. The normalized spacial score (nSPS) is 10.8. The number of benzene rings is 1. The molecule has 0 heterocycles. The van der Waals surface area contributed by atoms with Crippen LogP contribution in [0.2, 0.25) is 0 Å². The van der Waals surface area contributed by atoms with Crippen molar-refractivity contribution in [3.63, 3.8) is 0 Å². The molecule has 0 atom stereocenters. The lowest BCUT2D eigenvalue weighted by Gasteiger charge is -2.08. The quantitative estimate of drug-likeness (QED) is 0.508. The summed E-state index contributed by atoms with van der Waals surface area (Å²) in [6, 6.07) is 7.62. The van der Waals surface area contributed by atoms with Gasteiger partial charge in [-0.2, -0.15) is 0 Å². The zero-order chi connectivity index (χ0) is 14.8. The lowest BCUT2D eigenvalue weighted by atomic mass is 10.1. The lowest BCUT2D eigenvalue weighted by Crippen LogP contribution is -2.11. The second kappa shape index (κ2) is 9.54. The third-order valence-electron chi connectivity index (χ3n) is 3.03. The summed E-state index contributed by atoms with van der Waals surface area (Å²) in [5.41, 5.74) is 1.85. The molecule has 0 aliphatic carbocycles. The first kappa shape index (κ1) is 16.7. The number of hydrogen-bond acceptors (Lipinski definition) is 3. The molecule has 112 valence electrons. The standard InChI is InChI=1S/C17H26O3/c1-4-5-15-6-8-16(9-7-15)17(18)20-13-12-19-11-10-14(2)3/h6-9,14H,4-5,10-13H2,1-3H3. The Bertz CT molecular complexity index is 382. The zero-order valence-corrected chi connectivity index (χ0v) is 12.9. The van der Waals surface area contributed by atoms with Gasteiger partial charge in [0, 0.05) is 6.61 Å². The SMILES string of the molecule is CCCc1ccc(C(=O)OCCOCCC(C)C)cc1. The number of carbonyl (C=O) groups excluding carboxylic acids is 1. The minimum Gasteiger partial charge on any atom is -0.460 e. The van der Waals surface area contributed by atoms with Gasteiger partial charge in [0.25, 0.3) is 0 Å². The van der Waals surface area contributed by atoms with Gasteiger partial charge in [0.1, 0.15) is 6.61 Å². The molecule has 0 aromatic heterocycles. The number of ether oxygens (including phenoxy) is 2. The summed E-state index contributed by atoms with van der Waals surface area (Å²) in [4.78, 5) is 11.8. The van der Waals surface area contributed by atoms with E-state index in [4.69, 9.17) is 9.47 Å². The maximum atomic E-state index is 11.8. The number of hydrogen-bond donors (Lipinski definition) is 0. The van der Waals surface area contributed by atoms with Gasteiger partial charge >= 0.3 is 5.97 Å². The molecule has 3 heteroatoms. The average Bonchev–Trinajstić information content (AvgIpc) is 2.43. The smallest absolute Gasteiger partial charge is 0.338 e. The summed E-state index contributed by atoms with van der Waals surface area (Å²) in [7, 11) is 0. The second-order valence-electron chi connectivity index (χ2n) is 5.38. The molecule has 0 N–H and O–H groups in total. The molecule has 1 rings (SSSR count). The summed E-state index contributed by atoms with van der Waals surface area (Å²) < 4.78 is 10.6. The summed E-state index contributed by atoms with van der Waals surface area (Å²) in [5, 5.41) is 0. The van der Waals surface area contributed by atoms with Crippen molar-refractivity contribution in [2.75, 3.05) is 19.8 Å². The van der Waals surface area contributed by atoms with Crippen LogP contribution in [0.3, 0.4) is 0 Å². The fourth-order valence-corrected chi connectivity index (χ4v) is 1.79. The summed E-state index contributed by atoms with van der Waals surface area (Å²) in [5.74, 6) is 0.361. The molecule has 0 unspecified atom stereocenters. The van der Waals surface area contributed by atoms with Gasteiger partial charge in [0.05, 0.1) is 12.2 Å². The van der Waals surface area contributed by atoms with E-state index in [-0.39, 0.29) is 5.97 Å². The van der Waals surface area contributed by atoms with Crippen LogP contribution in [0.4, 0.5) is 0 Å². The molecule has 0 aliphatic heterocycles. The molecule has 0 saturated heterocycles. The highest BCUT2D eigenvalue weighted by molar-refractivity contribution is 5.89. The molecule has 20 heavy (non-hydrogen) atoms. The molecule has 1 aromatic carbocycles. The van der Waals surface area contributed by atoms with E-state index in [1.54, 1.807) is 0 Å². The van der Waals surface area contributed by atoms with E-state index in [0.29, 0.717) is 24.7 Å². The number of esters is 1. The maximum Gasteiger partial charge on any atom is 0.338 e. The predicted molar refractivity (Wildman–Crippen MR) is 81.0 cm³/mol. The average molecular weight is 278 g/mol. The van der Waals surface area contributed by atoms with E-state index in [9.17, 15) is 4.79 Å². The predicted octanol–water partition coefficient (Wildman–Crippen LogP) is 3.86. The van der Waals surface area contributed by atoms with Crippen LogP contribution >= 0.6 is 0 Å². The van der Waals surface area contributed by atoms with Crippen LogP contribution in [0.1, 0.15) is 49.5 Å². The Kier molecular flexibility index (Phi) is 7.97. The summed E-state index contributed by atoms with van der Waals surface area (Å²) in [6.07, 6.45) is 3.18. The van der Waals surface area contributed by atoms with Gasteiger partial charge in [-0.3, -0.25) is 0 Å². The molecule has 3 nitrogen and oxygen atoms in total. The topological polar surface area (TPSA) is 35.5 Å². The molecule has 0 aliphatic rings. The van der Waals surface area contributed by atoms with Crippen LogP contribution in [-0.2, 0) is 15.9 Å². The van der Waals surface area contributed by atoms with E-state index < -0.39 is 0 Å². The minimum atomic E-state index is -0.277. The molecular weight excluding hydrogens is 252 g/mol. The first-order valence-electron chi connectivity index (χ1n) is 7.47. The van der Waals surface area contributed by atoms with Crippen LogP contribution < -0.4 is 0 Å². The third-order valence-corrected chi connectivity index (χ3v) is 3.03. The molecule has 0 radical (unpaired) electrons. The summed E-state index contributed by atoms with van der Waals surface area (Å²) in [6.45, 7) is 7.96. The fourth-order valence-electron chi connectivity index (χ4n) is 1.79. The molecule has 0 saturated carbocycles. The Morgan fingerprint density at radius 3 is 2.40 bits per heavy atom. The van der Waals surface area contributed by atoms with Gasteiger partial charge in [0.2, 0.25) is 0 Å². The third kappa shape index (κ3) is 6.71. The molecule has 1 aromatic rings. The van der Waals surface area contributed by atoms with Gasteiger partial charge in [-0.1, -0.05) is 39.3 Å². The van der Waals surface area contributed by atoms with Crippen molar-refractivity contribution < 1.29 is 14.3 Å². The van der Waals surface area contributed by atoms with E-state index in [2.05, 4.69) is 20.8 Å². The molecular formula is C17H26O3. The van der Waals surface area contributed by atoms with Crippen molar-refractivity contribution in [1.29, 1.82) is 0 Å². The Morgan fingerprint density at radius 1 is 1.10 bits per heavy atom. The van der Waals surface area contributed by atoms with Crippen LogP contribution in [0.25, 0.3) is 0 Å². The Balaban J connectivity index is 2.22. The van der Waals surface area contributed by atoms with Crippen molar-refractivity contribution in [1.82, 2.24) is 0 Å². The minimum absolute atomic E-state index is 0.277. The van der Waals surface area contributed by atoms with Crippen molar-refractivity contribution in [2.24, 2.45) is 5.92 Å². The van der Waals surface area contributed by atoms with Gasteiger partial charge in [-0.05, 0) is 36.5 Å². The Hall–Kier alpha value is -1.35. The van der Waals surface area contributed by atoms with Crippen molar-refractivity contribution in [3.05, 3.63) is 35.4 Å². The molecule has 0 fully saturated rings. The first-order valence-corrected chi connectivity index (χ1v) is 7.47. The second-order valence-corrected chi connectivity index (χ2v) is 5.38. The van der Waals surface area contributed by atoms with Gasteiger partial charge < -0.3 is 9.47 Å². The van der Waals surface area contributed by atoms with E-state index in [1.165, 1.54) is 5.56 Å². The molecule has 0 amide bonds. The Morgan fingerprint density at radius 2 is 1.80 bits per heavy atom. The van der Waals surface area contributed by atoms with Crippen LogP contribution in [-0.4, -0.2) is 25.8 Å². The fraction of sp³-hybridized carbons (Fsp3) is 0.588. The number of aryl methyl sites for hydroxylation is 1. The lowest BCUT2D eigenvalue weighted by molar-refractivity contribution is 0.0303. The Labute approximate surface area is 122 Å². The van der Waals surface area contributed by atoms with Crippen LogP contribution in [0.15, 0.2) is 24.3 Å². The van der Waals surface area contributed by atoms with Crippen molar-refractivity contribution >= 4 is 5.97 Å². The van der Waals surface area contributed by atoms with Crippen LogP contribution in [0.5, 0.6) is 0 Å². The van der Waals surface area contributed by atoms with Gasteiger partial charge in [-0.15, -0.1) is 0 Å². The first-order chi connectivity index (χ1) is 9.63. The van der Waals surface area contributed by atoms with Gasteiger partial charge in [0.15, 0.2) is 0 Å². The molecule has 0 spiro atoms. The van der Waals surface area contributed by atoms with Crippen molar-refractivity contribution in [2.45, 2.75) is 40.0 Å². The maximum absolute atomic E-state index is 11.8. The summed E-state index contributed by atoms with van der Waals surface area (Å²) >= 11 is 0. The van der Waals surface area contributed by atoms with E-state index in [1.807, 2.05) is 24.3 Å². The van der Waals surface area contributed by atoms with E-state index in [0.717, 1.165) is 25.9 Å². The largest absolute Gasteiger partial charge is 0.460 e. The van der Waals surface area contributed by atoms with Crippen molar-refractivity contribution in [3.8, 4) is 0 Å². The number of rotatable bonds is 9. The zero-order valence-electron chi connectivity index (χ0n) is 12.9. The van der Waals surface area contributed by atoms with Gasteiger partial charge in [-0.25, -0.2) is 4.79 Å². The van der Waals surface area contributed by atoms with Crippen LogP contribution in [0, 0.1) is 5.92 Å². The number of carbonyl (C=O) groups is 1.